The highest BCUT2D eigenvalue weighted by Gasteiger charge is 2.31. The van der Waals surface area contributed by atoms with Gasteiger partial charge < -0.3 is 14.9 Å². The number of carbonyl (C=O) groups is 1. The van der Waals surface area contributed by atoms with E-state index in [-0.39, 0.29) is 12.3 Å². The zero-order valence-corrected chi connectivity index (χ0v) is 11.1. The molecule has 0 radical (unpaired) electrons. The van der Waals surface area contributed by atoms with Crippen LogP contribution in [0.5, 0.6) is 0 Å². The fraction of sp³-hybridized carbons (Fsp3) is 0.533. The van der Waals surface area contributed by atoms with Gasteiger partial charge in [-0.1, -0.05) is 12.1 Å². The molecule has 1 aromatic rings. The van der Waals surface area contributed by atoms with Crippen molar-refractivity contribution in [3.8, 4) is 0 Å². The summed E-state index contributed by atoms with van der Waals surface area (Å²) in [7, 11) is 0. The largest absolute Gasteiger partial charge is 0.391 e. The van der Waals surface area contributed by atoms with Crippen molar-refractivity contribution < 1.29 is 9.90 Å². The highest BCUT2D eigenvalue weighted by Crippen LogP contribution is 2.33. The molecule has 1 atom stereocenters. The lowest BCUT2D eigenvalue weighted by atomic mass is 10.1. The summed E-state index contributed by atoms with van der Waals surface area (Å²) in [5.74, 6) is 0.0250. The van der Waals surface area contributed by atoms with Gasteiger partial charge in [0.25, 0.3) is 0 Å². The lowest BCUT2D eigenvalue weighted by Gasteiger charge is -2.32. The third-order valence-electron chi connectivity index (χ3n) is 3.97. The first-order chi connectivity index (χ1) is 9.25. The van der Waals surface area contributed by atoms with E-state index < -0.39 is 6.10 Å². The van der Waals surface area contributed by atoms with E-state index in [2.05, 4.69) is 11.0 Å². The van der Waals surface area contributed by atoms with Gasteiger partial charge in [0.15, 0.2) is 0 Å². The quantitative estimate of drug-likeness (QED) is 0.881. The number of amides is 1. The molecule has 0 saturated carbocycles. The van der Waals surface area contributed by atoms with Crippen molar-refractivity contribution >= 4 is 17.3 Å². The van der Waals surface area contributed by atoms with Crippen molar-refractivity contribution in [2.45, 2.75) is 31.8 Å². The first-order valence-electron chi connectivity index (χ1n) is 7.08. The van der Waals surface area contributed by atoms with Crippen LogP contribution in [0.25, 0.3) is 0 Å². The predicted octanol–water partition coefficient (Wildman–Crippen LogP) is 1.77. The number of nitrogens with zero attached hydrogens (tertiary/aromatic N) is 2. The van der Waals surface area contributed by atoms with Gasteiger partial charge in [0.05, 0.1) is 30.4 Å². The molecule has 2 heterocycles. The van der Waals surface area contributed by atoms with Crippen molar-refractivity contribution in [2.24, 2.45) is 0 Å². The second kappa shape index (κ2) is 5.21. The van der Waals surface area contributed by atoms with Gasteiger partial charge in [-0.05, 0) is 31.4 Å². The van der Waals surface area contributed by atoms with Gasteiger partial charge in [-0.2, -0.15) is 0 Å². The number of rotatable bonds is 2. The first-order valence-corrected chi connectivity index (χ1v) is 7.08. The number of hydrogen-bond donors (Lipinski definition) is 1. The van der Waals surface area contributed by atoms with Crippen molar-refractivity contribution in [3.05, 3.63) is 24.3 Å². The molecule has 3 rings (SSSR count). The normalized spacial score (nSPS) is 24.1. The molecule has 0 bridgehead atoms. The average molecular weight is 260 g/mol. The molecule has 1 amide bonds. The molecule has 4 heteroatoms. The Morgan fingerprint density at radius 3 is 2.37 bits per heavy atom. The van der Waals surface area contributed by atoms with Crippen LogP contribution in [-0.4, -0.2) is 36.8 Å². The molecule has 1 unspecified atom stereocenters. The van der Waals surface area contributed by atoms with E-state index in [0.717, 1.165) is 24.5 Å². The van der Waals surface area contributed by atoms with Crippen molar-refractivity contribution in [2.75, 3.05) is 29.4 Å². The average Bonchev–Trinajstić information content (AvgIpc) is 2.79. The summed E-state index contributed by atoms with van der Waals surface area (Å²) in [5, 5.41) is 9.66. The highest BCUT2D eigenvalue weighted by atomic mass is 16.3. The molecule has 0 aliphatic carbocycles. The summed E-state index contributed by atoms with van der Waals surface area (Å²) in [6.45, 7) is 2.53. The summed E-state index contributed by atoms with van der Waals surface area (Å²) in [6, 6.07) is 8.05. The van der Waals surface area contributed by atoms with Crippen LogP contribution in [0.3, 0.4) is 0 Å². The summed E-state index contributed by atoms with van der Waals surface area (Å²) < 4.78 is 0. The number of anilines is 2. The second-order valence-corrected chi connectivity index (χ2v) is 5.40. The first kappa shape index (κ1) is 12.5. The molecule has 0 spiro atoms. The lowest BCUT2D eigenvalue weighted by molar-refractivity contribution is -0.117. The minimum absolute atomic E-state index is 0.0250. The van der Waals surface area contributed by atoms with E-state index in [4.69, 9.17) is 0 Å². The van der Waals surface area contributed by atoms with E-state index in [1.54, 1.807) is 4.90 Å². The van der Waals surface area contributed by atoms with Gasteiger partial charge in [0, 0.05) is 13.1 Å². The number of hydrogen-bond acceptors (Lipinski definition) is 3. The van der Waals surface area contributed by atoms with Gasteiger partial charge in [-0.25, -0.2) is 0 Å². The Hall–Kier alpha value is -1.55. The van der Waals surface area contributed by atoms with E-state index >= 15 is 0 Å². The van der Waals surface area contributed by atoms with Crippen LogP contribution in [0.2, 0.25) is 0 Å². The van der Waals surface area contributed by atoms with Gasteiger partial charge in [-0.15, -0.1) is 0 Å². The molecule has 2 saturated heterocycles. The van der Waals surface area contributed by atoms with Gasteiger partial charge >= 0.3 is 0 Å². The van der Waals surface area contributed by atoms with Crippen LogP contribution in [-0.2, 0) is 4.79 Å². The van der Waals surface area contributed by atoms with E-state index in [9.17, 15) is 9.90 Å². The van der Waals surface area contributed by atoms with Gasteiger partial charge in [0.2, 0.25) is 5.91 Å². The second-order valence-electron chi connectivity index (χ2n) is 5.40. The smallest absolute Gasteiger partial charge is 0.229 e. The maximum Gasteiger partial charge on any atom is 0.229 e. The standard InChI is InChI=1S/C15H20N2O2/c18-12-10-15(19)17(11-12)14-7-3-2-6-13(14)16-8-4-1-5-9-16/h2-3,6-7,12,18H,1,4-5,8-11H2. The number of carbonyl (C=O) groups excluding carboxylic acids is 1. The van der Waals surface area contributed by atoms with E-state index in [1.807, 2.05) is 18.2 Å². The fourth-order valence-electron chi connectivity index (χ4n) is 3.02. The molecule has 0 aromatic heterocycles. The zero-order chi connectivity index (χ0) is 13.2. The molecule has 19 heavy (non-hydrogen) atoms. The molecular formula is C15H20N2O2. The molecule has 4 nitrogen and oxygen atoms in total. The Kier molecular flexibility index (Phi) is 3.42. The van der Waals surface area contributed by atoms with Crippen molar-refractivity contribution in [1.29, 1.82) is 0 Å². The number of piperidine rings is 1. The third-order valence-corrected chi connectivity index (χ3v) is 3.97. The summed E-state index contributed by atoms with van der Waals surface area (Å²) >= 11 is 0. The van der Waals surface area contributed by atoms with Crippen LogP contribution in [0, 0.1) is 0 Å². The lowest BCUT2D eigenvalue weighted by Crippen LogP contribution is -2.33. The minimum atomic E-state index is -0.526. The van der Waals surface area contributed by atoms with Crippen LogP contribution in [0.1, 0.15) is 25.7 Å². The SMILES string of the molecule is O=C1CC(O)CN1c1ccccc1N1CCCCC1. The fourth-order valence-corrected chi connectivity index (χ4v) is 3.02. The number of para-hydroxylation sites is 2. The predicted molar refractivity (Wildman–Crippen MR) is 75.5 cm³/mol. The maximum atomic E-state index is 12.0. The molecule has 1 aromatic carbocycles. The van der Waals surface area contributed by atoms with E-state index in [0.29, 0.717) is 6.54 Å². The van der Waals surface area contributed by atoms with E-state index in [1.165, 1.54) is 19.3 Å². The summed E-state index contributed by atoms with van der Waals surface area (Å²) in [4.78, 5) is 16.1. The monoisotopic (exact) mass is 260 g/mol. The topological polar surface area (TPSA) is 43.8 Å². The Labute approximate surface area is 113 Å². The Balaban J connectivity index is 1.90. The molecule has 2 aliphatic rings. The number of aliphatic hydroxyl groups is 1. The van der Waals surface area contributed by atoms with Crippen LogP contribution in [0.15, 0.2) is 24.3 Å². The Morgan fingerprint density at radius 2 is 1.74 bits per heavy atom. The highest BCUT2D eigenvalue weighted by molar-refractivity contribution is 5.99. The van der Waals surface area contributed by atoms with Crippen LogP contribution >= 0.6 is 0 Å². The molecular weight excluding hydrogens is 240 g/mol. The van der Waals surface area contributed by atoms with Crippen LogP contribution < -0.4 is 9.80 Å². The Morgan fingerprint density at radius 1 is 1.05 bits per heavy atom. The van der Waals surface area contributed by atoms with Gasteiger partial charge in [-0.3, -0.25) is 4.79 Å². The number of benzene rings is 1. The minimum Gasteiger partial charge on any atom is -0.391 e. The maximum absolute atomic E-state index is 12.0. The summed E-state index contributed by atoms with van der Waals surface area (Å²) in [6.07, 6.45) is 3.44. The zero-order valence-electron chi connectivity index (χ0n) is 11.1. The third kappa shape index (κ3) is 2.45. The molecule has 2 fully saturated rings. The summed E-state index contributed by atoms with van der Waals surface area (Å²) in [5.41, 5.74) is 2.08. The molecule has 1 N–H and O–H groups in total. The van der Waals surface area contributed by atoms with Crippen LogP contribution in [0.4, 0.5) is 11.4 Å². The number of aliphatic hydroxyl groups excluding tert-OH is 1. The molecule has 2 aliphatic heterocycles. The van der Waals surface area contributed by atoms with Gasteiger partial charge in [0.1, 0.15) is 0 Å². The van der Waals surface area contributed by atoms with Crippen molar-refractivity contribution in [3.63, 3.8) is 0 Å². The molecule has 102 valence electrons. The number of β-amino-alcohol motifs (C(OH)–C–C–N with tert-alkyl or cyclic N) is 1. The Bertz CT molecular complexity index is 469. The van der Waals surface area contributed by atoms with Crippen molar-refractivity contribution in [1.82, 2.24) is 0 Å².